The number of hydrogen-bond acceptors (Lipinski definition) is 2. The summed E-state index contributed by atoms with van der Waals surface area (Å²) < 4.78 is 8.27. The van der Waals surface area contributed by atoms with Gasteiger partial charge in [-0.1, -0.05) is 54.6 Å². The maximum Gasteiger partial charge on any atom is 0.114 e. The molecule has 1 atom stereocenters. The molecule has 0 spiro atoms. The molecule has 130 valence electrons. The van der Waals surface area contributed by atoms with Crippen molar-refractivity contribution in [1.29, 1.82) is 0 Å². The number of nitrogens with zero attached hydrogens (tertiary/aromatic N) is 2. The van der Waals surface area contributed by atoms with E-state index in [1.54, 1.807) is 0 Å². The first kappa shape index (κ1) is 15.6. The third-order valence-electron chi connectivity index (χ3n) is 5.37. The average Bonchev–Trinajstić information content (AvgIpc) is 3.31. The smallest absolute Gasteiger partial charge is 0.114 e. The summed E-state index contributed by atoms with van der Waals surface area (Å²) in [5.41, 5.74) is 3.60. The second-order valence-corrected chi connectivity index (χ2v) is 7.08. The molecule has 1 saturated heterocycles. The van der Waals surface area contributed by atoms with Gasteiger partial charge in [-0.2, -0.15) is 0 Å². The minimum atomic E-state index is 0.305. The van der Waals surface area contributed by atoms with Crippen LogP contribution in [0.2, 0.25) is 0 Å². The van der Waals surface area contributed by atoms with Crippen LogP contribution < -0.4 is 0 Å². The van der Waals surface area contributed by atoms with Crippen molar-refractivity contribution in [3.8, 4) is 0 Å². The topological polar surface area (TPSA) is 27.1 Å². The molecule has 3 aromatic carbocycles. The van der Waals surface area contributed by atoms with Crippen LogP contribution in [-0.2, 0) is 17.7 Å². The molecule has 0 radical (unpaired) electrons. The van der Waals surface area contributed by atoms with E-state index in [1.165, 1.54) is 21.9 Å². The molecule has 3 nitrogen and oxygen atoms in total. The van der Waals surface area contributed by atoms with Crippen molar-refractivity contribution >= 4 is 21.8 Å². The van der Waals surface area contributed by atoms with Crippen molar-refractivity contribution in [1.82, 2.24) is 9.55 Å². The van der Waals surface area contributed by atoms with Crippen molar-refractivity contribution in [3.05, 3.63) is 78.1 Å². The average molecular weight is 342 g/mol. The first-order valence-corrected chi connectivity index (χ1v) is 9.41. The highest BCUT2D eigenvalue weighted by Gasteiger charge is 2.20. The number of aromatic nitrogens is 2. The van der Waals surface area contributed by atoms with Gasteiger partial charge in [0, 0.05) is 13.0 Å². The molecule has 1 aliphatic rings. The summed E-state index contributed by atoms with van der Waals surface area (Å²) >= 11 is 0. The van der Waals surface area contributed by atoms with E-state index in [4.69, 9.17) is 9.72 Å². The van der Waals surface area contributed by atoms with Gasteiger partial charge in [0.15, 0.2) is 0 Å². The number of hydrogen-bond donors (Lipinski definition) is 0. The molecule has 5 rings (SSSR count). The highest BCUT2D eigenvalue weighted by atomic mass is 16.5. The van der Waals surface area contributed by atoms with Gasteiger partial charge < -0.3 is 9.30 Å². The first-order chi connectivity index (χ1) is 12.9. The van der Waals surface area contributed by atoms with Crippen LogP contribution in [0.25, 0.3) is 21.8 Å². The zero-order valence-corrected chi connectivity index (χ0v) is 14.8. The lowest BCUT2D eigenvalue weighted by molar-refractivity contribution is 0.0973. The molecule has 3 heteroatoms. The Labute approximate surface area is 153 Å². The van der Waals surface area contributed by atoms with E-state index in [2.05, 4.69) is 71.3 Å². The van der Waals surface area contributed by atoms with Crippen molar-refractivity contribution in [2.75, 3.05) is 6.61 Å². The lowest BCUT2D eigenvalue weighted by Crippen LogP contribution is -2.17. The Morgan fingerprint density at radius 2 is 1.81 bits per heavy atom. The Morgan fingerprint density at radius 3 is 2.73 bits per heavy atom. The molecule has 0 N–H and O–H groups in total. The summed E-state index contributed by atoms with van der Waals surface area (Å²) in [4.78, 5) is 4.96. The number of rotatable bonds is 4. The maximum atomic E-state index is 5.90. The summed E-state index contributed by atoms with van der Waals surface area (Å²) in [5, 5.41) is 2.59. The molecule has 1 aromatic heterocycles. The molecule has 4 aromatic rings. The number of fused-ring (bicyclic) bond motifs is 2. The van der Waals surface area contributed by atoms with Gasteiger partial charge in [0.25, 0.3) is 0 Å². The molecule has 1 aliphatic heterocycles. The predicted octanol–water partition coefficient (Wildman–Crippen LogP) is 4.96. The standard InChI is InChI=1S/C23H22N2O/c1-2-11-20-17(7-1)8-5-9-18(20)15-23-24-21-12-3-4-13-22(21)25(23)16-19-10-6-14-26-19/h1-5,7-9,11-13,19H,6,10,14-16H2. The van der Waals surface area contributed by atoms with Crippen LogP contribution in [0.15, 0.2) is 66.7 Å². The molecule has 0 bridgehead atoms. The summed E-state index contributed by atoms with van der Waals surface area (Å²) in [6, 6.07) is 23.6. The van der Waals surface area contributed by atoms with Crippen LogP contribution in [0.3, 0.4) is 0 Å². The largest absolute Gasteiger partial charge is 0.376 e. The van der Waals surface area contributed by atoms with Crippen LogP contribution in [0.1, 0.15) is 24.2 Å². The van der Waals surface area contributed by atoms with Gasteiger partial charge >= 0.3 is 0 Å². The van der Waals surface area contributed by atoms with E-state index in [0.717, 1.165) is 43.8 Å². The van der Waals surface area contributed by atoms with Crippen LogP contribution in [0, 0.1) is 0 Å². The quantitative estimate of drug-likeness (QED) is 0.524. The zero-order chi connectivity index (χ0) is 17.3. The van der Waals surface area contributed by atoms with Gasteiger partial charge in [-0.3, -0.25) is 0 Å². The third kappa shape index (κ3) is 2.78. The van der Waals surface area contributed by atoms with Crippen LogP contribution in [0.5, 0.6) is 0 Å². The molecule has 2 heterocycles. The Bertz CT molecular complexity index is 1050. The van der Waals surface area contributed by atoms with Gasteiger partial charge in [0.1, 0.15) is 5.82 Å². The van der Waals surface area contributed by atoms with Gasteiger partial charge in [-0.15, -0.1) is 0 Å². The molecule has 0 amide bonds. The second kappa shape index (κ2) is 6.58. The van der Waals surface area contributed by atoms with E-state index in [0.29, 0.717) is 6.10 Å². The lowest BCUT2D eigenvalue weighted by atomic mass is 10.0. The van der Waals surface area contributed by atoms with E-state index in [9.17, 15) is 0 Å². The molecule has 0 saturated carbocycles. The predicted molar refractivity (Wildman–Crippen MR) is 105 cm³/mol. The van der Waals surface area contributed by atoms with Crippen molar-refractivity contribution < 1.29 is 4.74 Å². The van der Waals surface area contributed by atoms with Gasteiger partial charge in [0.2, 0.25) is 0 Å². The molecule has 1 unspecified atom stereocenters. The summed E-state index contributed by atoms with van der Waals surface area (Å²) in [6.45, 7) is 1.77. The van der Waals surface area contributed by atoms with Crippen molar-refractivity contribution in [3.63, 3.8) is 0 Å². The minimum Gasteiger partial charge on any atom is -0.376 e. The third-order valence-corrected chi connectivity index (χ3v) is 5.37. The van der Waals surface area contributed by atoms with Gasteiger partial charge in [-0.05, 0) is 41.3 Å². The lowest BCUT2D eigenvalue weighted by Gasteiger charge is -2.15. The highest BCUT2D eigenvalue weighted by Crippen LogP contribution is 2.25. The zero-order valence-electron chi connectivity index (χ0n) is 14.8. The molecule has 26 heavy (non-hydrogen) atoms. The number of para-hydroxylation sites is 2. The highest BCUT2D eigenvalue weighted by molar-refractivity contribution is 5.86. The Balaban J connectivity index is 1.59. The Hall–Kier alpha value is -2.65. The fourth-order valence-corrected chi connectivity index (χ4v) is 4.07. The monoisotopic (exact) mass is 342 g/mol. The normalized spacial score (nSPS) is 17.3. The molecule has 1 fully saturated rings. The van der Waals surface area contributed by atoms with Crippen LogP contribution in [0.4, 0.5) is 0 Å². The van der Waals surface area contributed by atoms with Gasteiger partial charge in [0.05, 0.1) is 23.7 Å². The minimum absolute atomic E-state index is 0.305. The van der Waals surface area contributed by atoms with Crippen LogP contribution >= 0.6 is 0 Å². The molecule has 0 aliphatic carbocycles. The van der Waals surface area contributed by atoms with Crippen molar-refractivity contribution in [2.24, 2.45) is 0 Å². The first-order valence-electron chi connectivity index (χ1n) is 9.41. The number of imidazole rings is 1. The van der Waals surface area contributed by atoms with E-state index in [-0.39, 0.29) is 0 Å². The Morgan fingerprint density at radius 1 is 0.962 bits per heavy atom. The Kier molecular flexibility index (Phi) is 3.95. The molecular weight excluding hydrogens is 320 g/mol. The van der Waals surface area contributed by atoms with Crippen molar-refractivity contribution in [2.45, 2.75) is 31.9 Å². The second-order valence-electron chi connectivity index (χ2n) is 7.08. The van der Waals surface area contributed by atoms with E-state index >= 15 is 0 Å². The maximum absolute atomic E-state index is 5.90. The van der Waals surface area contributed by atoms with E-state index < -0.39 is 0 Å². The number of benzene rings is 3. The van der Waals surface area contributed by atoms with Gasteiger partial charge in [-0.25, -0.2) is 4.98 Å². The van der Waals surface area contributed by atoms with Crippen LogP contribution in [-0.4, -0.2) is 22.3 Å². The fraction of sp³-hybridized carbons (Fsp3) is 0.261. The SMILES string of the molecule is c1ccc2c(Cc3nc4ccccc4n3CC3CCCO3)cccc2c1. The summed E-state index contributed by atoms with van der Waals surface area (Å²) in [7, 11) is 0. The molecular formula is C23H22N2O. The van der Waals surface area contributed by atoms with E-state index in [1.807, 2.05) is 0 Å². The number of ether oxygens (including phenoxy) is 1. The summed E-state index contributed by atoms with van der Waals surface area (Å²) in [6.07, 6.45) is 3.44. The summed E-state index contributed by atoms with van der Waals surface area (Å²) in [5.74, 6) is 1.12. The fourth-order valence-electron chi connectivity index (χ4n) is 4.07.